The Kier molecular flexibility index (Phi) is 8.24. The molecule has 0 spiro atoms. The van der Waals surface area contributed by atoms with Gasteiger partial charge in [0.15, 0.2) is 23.1 Å². The van der Waals surface area contributed by atoms with Crippen LogP contribution in [0.15, 0.2) is 30.6 Å². The second-order valence-corrected chi connectivity index (χ2v) is 7.40. The number of carbonyl (C=O) groups is 2. The maximum Gasteiger partial charge on any atom is 0.358 e. The number of amides is 1. The third-order valence-electron chi connectivity index (χ3n) is 4.99. The van der Waals surface area contributed by atoms with Gasteiger partial charge in [0.1, 0.15) is 6.33 Å². The van der Waals surface area contributed by atoms with Crippen molar-refractivity contribution < 1.29 is 43.6 Å². The Morgan fingerprint density at radius 1 is 1.21 bits per heavy atom. The number of carboxylic acids is 1. The number of carbonyl (C=O) groups excluding carboxylic acids is 1. The number of ether oxygens (including phenoxy) is 2. The zero-order chi connectivity index (χ0) is 23.4. The average Bonchev–Trinajstić information content (AvgIpc) is 3.56. The first-order valence-corrected chi connectivity index (χ1v) is 10.2. The largest absolute Gasteiger partial charge is 0.494 e. The first kappa shape index (κ1) is 25.2. The van der Waals surface area contributed by atoms with Crippen LogP contribution < -0.4 is 15.4 Å². The van der Waals surface area contributed by atoms with E-state index in [4.69, 9.17) is 9.47 Å². The van der Waals surface area contributed by atoms with Gasteiger partial charge in [0.25, 0.3) is 0 Å². The monoisotopic (exact) mass is 517 g/mol. The third kappa shape index (κ3) is 5.73. The van der Waals surface area contributed by atoms with E-state index in [1.54, 1.807) is 36.3 Å². The van der Waals surface area contributed by atoms with Gasteiger partial charge in [-0.3, -0.25) is 9.48 Å². The number of rotatable bonds is 10. The Bertz CT molecular complexity index is 1180. The second kappa shape index (κ2) is 11.1. The molecule has 13 heteroatoms. The van der Waals surface area contributed by atoms with Gasteiger partial charge in [0, 0.05) is 38.6 Å². The van der Waals surface area contributed by atoms with E-state index in [-0.39, 0.29) is 48.5 Å². The van der Waals surface area contributed by atoms with E-state index in [0.717, 1.165) is 12.8 Å². The van der Waals surface area contributed by atoms with E-state index in [1.807, 2.05) is 0 Å². The molecule has 34 heavy (non-hydrogen) atoms. The van der Waals surface area contributed by atoms with Gasteiger partial charge in [-0.25, -0.2) is 9.78 Å². The topological polar surface area (TPSA) is 153 Å². The number of para-hydroxylation sites is 1. The van der Waals surface area contributed by atoms with Crippen LogP contribution in [0.2, 0.25) is 0 Å². The van der Waals surface area contributed by atoms with E-state index in [9.17, 15) is 14.7 Å². The van der Waals surface area contributed by atoms with Gasteiger partial charge in [-0.05, 0) is 25.0 Å². The molecule has 1 saturated carbocycles. The molecule has 4 rings (SSSR count). The maximum absolute atomic E-state index is 12.1. The number of nitrogens with one attached hydrogen (secondary N) is 2. The van der Waals surface area contributed by atoms with E-state index >= 15 is 0 Å². The molecule has 0 saturated heterocycles. The summed E-state index contributed by atoms with van der Waals surface area (Å²) in [6, 6.07) is 6.71. The average molecular weight is 519 g/mol. The van der Waals surface area contributed by atoms with Gasteiger partial charge < -0.3 is 25.2 Å². The van der Waals surface area contributed by atoms with Crippen LogP contribution in [-0.2, 0) is 35.6 Å². The van der Waals surface area contributed by atoms with E-state index in [1.165, 1.54) is 13.2 Å². The van der Waals surface area contributed by atoms with Crippen molar-refractivity contribution in [3.8, 4) is 17.1 Å². The molecule has 1 fully saturated rings. The summed E-state index contributed by atoms with van der Waals surface area (Å²) in [5, 5.41) is 27.3. The summed E-state index contributed by atoms with van der Waals surface area (Å²) in [7, 11) is 3.11. The van der Waals surface area contributed by atoms with Crippen LogP contribution in [-0.4, -0.2) is 62.8 Å². The zero-order valence-electron chi connectivity index (χ0n) is 18.8. The summed E-state index contributed by atoms with van der Waals surface area (Å²) < 4.78 is 12.3. The Morgan fingerprint density at radius 2 is 2.00 bits per heavy atom. The van der Waals surface area contributed by atoms with Gasteiger partial charge in [-0.15, -0.1) is 10.2 Å². The summed E-state index contributed by atoms with van der Waals surface area (Å²) in [5.74, 6) is -0.441. The number of carboxylic acid groups (broad SMARTS) is 1. The SMILES string of the molecule is COCCn1cnc(-c2cccc(Nc3cc(NC(=O)C4CC4)nnc3C(=O)O)c2OC)n1.[Zn]. The van der Waals surface area contributed by atoms with Crippen molar-refractivity contribution in [3.63, 3.8) is 0 Å². The van der Waals surface area contributed by atoms with Crippen molar-refractivity contribution in [2.75, 3.05) is 31.5 Å². The molecule has 0 aliphatic heterocycles. The van der Waals surface area contributed by atoms with Crippen LogP contribution in [0.1, 0.15) is 23.3 Å². The normalized spacial score (nSPS) is 12.5. The molecule has 2 heterocycles. The van der Waals surface area contributed by atoms with Crippen LogP contribution in [0.4, 0.5) is 17.2 Å². The third-order valence-corrected chi connectivity index (χ3v) is 4.99. The van der Waals surface area contributed by atoms with Crippen LogP contribution in [0, 0.1) is 5.92 Å². The molecule has 12 nitrogen and oxygen atoms in total. The molecule has 1 aliphatic carbocycles. The minimum atomic E-state index is -1.27. The van der Waals surface area contributed by atoms with E-state index < -0.39 is 5.97 Å². The minimum Gasteiger partial charge on any atom is -0.494 e. The van der Waals surface area contributed by atoms with Crippen molar-refractivity contribution in [3.05, 3.63) is 36.3 Å². The van der Waals surface area contributed by atoms with Crippen LogP contribution >= 0.6 is 0 Å². The van der Waals surface area contributed by atoms with E-state index in [0.29, 0.717) is 36.0 Å². The van der Waals surface area contributed by atoms with E-state index in [2.05, 4.69) is 30.9 Å². The van der Waals surface area contributed by atoms with Crippen molar-refractivity contribution in [1.82, 2.24) is 25.0 Å². The minimum absolute atomic E-state index is 0. The quantitative estimate of drug-likeness (QED) is 0.340. The number of nitrogens with zero attached hydrogens (tertiary/aromatic N) is 5. The molecule has 3 aromatic rings. The number of aromatic nitrogens is 5. The molecule has 1 amide bonds. The van der Waals surface area contributed by atoms with Gasteiger partial charge in [0.05, 0.1) is 37.2 Å². The Labute approximate surface area is 207 Å². The Balaban J connectivity index is 0.00000324. The molecule has 0 radical (unpaired) electrons. The molecular formula is C21H23N7O5Zn. The fraction of sp³-hybridized carbons (Fsp3) is 0.333. The predicted molar refractivity (Wildman–Crippen MR) is 118 cm³/mol. The number of methoxy groups -OCH3 is 2. The fourth-order valence-electron chi connectivity index (χ4n) is 3.17. The molecule has 0 atom stereocenters. The van der Waals surface area contributed by atoms with Crippen LogP contribution in [0.5, 0.6) is 5.75 Å². The number of hydrogen-bond donors (Lipinski definition) is 3. The molecular weight excluding hydrogens is 496 g/mol. The summed E-state index contributed by atoms with van der Waals surface area (Å²) >= 11 is 0. The number of benzene rings is 1. The molecule has 0 unspecified atom stereocenters. The molecule has 174 valence electrons. The van der Waals surface area contributed by atoms with Gasteiger partial charge in [-0.1, -0.05) is 6.07 Å². The number of aromatic carboxylic acids is 1. The fourth-order valence-corrected chi connectivity index (χ4v) is 3.17. The molecule has 0 bridgehead atoms. The first-order valence-electron chi connectivity index (χ1n) is 10.2. The summed E-state index contributed by atoms with van der Waals surface area (Å²) in [6.45, 7) is 1.04. The standard InChI is InChI=1S/C21H23N7O5.Zn/c1-32-9-8-28-11-22-19(27-28)13-4-3-5-14(18(13)33-2)23-15-10-16(24-20(29)12-6-7-12)25-26-17(15)21(30)31;/h3-5,10-12H,6-9H2,1-2H3,(H,30,31)(H2,23,24,25,29);. The van der Waals surface area contributed by atoms with Crippen molar-refractivity contribution in [2.24, 2.45) is 5.92 Å². The molecule has 1 aromatic carbocycles. The van der Waals surface area contributed by atoms with Crippen molar-refractivity contribution in [1.29, 1.82) is 0 Å². The van der Waals surface area contributed by atoms with Gasteiger partial charge >= 0.3 is 5.97 Å². The Morgan fingerprint density at radius 3 is 2.68 bits per heavy atom. The maximum atomic E-state index is 12.1. The number of anilines is 3. The van der Waals surface area contributed by atoms with Crippen molar-refractivity contribution >= 4 is 29.1 Å². The van der Waals surface area contributed by atoms with Crippen LogP contribution in [0.3, 0.4) is 0 Å². The molecule has 2 aromatic heterocycles. The molecule has 1 aliphatic rings. The van der Waals surface area contributed by atoms with Crippen LogP contribution in [0.25, 0.3) is 11.4 Å². The summed E-state index contributed by atoms with van der Waals surface area (Å²) in [5.41, 5.74) is 0.935. The second-order valence-electron chi connectivity index (χ2n) is 7.40. The zero-order valence-corrected chi connectivity index (χ0v) is 21.8. The molecule has 3 N–H and O–H groups in total. The summed E-state index contributed by atoms with van der Waals surface area (Å²) in [6.07, 6.45) is 3.26. The smallest absolute Gasteiger partial charge is 0.358 e. The predicted octanol–water partition coefficient (Wildman–Crippen LogP) is 2.18. The Hall–Kier alpha value is -3.44. The van der Waals surface area contributed by atoms with Gasteiger partial charge in [0.2, 0.25) is 5.91 Å². The van der Waals surface area contributed by atoms with Crippen molar-refractivity contribution in [2.45, 2.75) is 19.4 Å². The summed E-state index contributed by atoms with van der Waals surface area (Å²) in [4.78, 5) is 28.1. The first-order chi connectivity index (χ1) is 16.0. The number of hydrogen-bond acceptors (Lipinski definition) is 9. The van der Waals surface area contributed by atoms with Gasteiger partial charge in [-0.2, -0.15) is 5.10 Å².